The molecule has 4 rings (SSSR count). The number of carboxylic acids is 1. The number of hydrogen-bond acceptors (Lipinski definition) is 6. The Balaban J connectivity index is 1.83. The van der Waals surface area contributed by atoms with E-state index in [1.54, 1.807) is 0 Å². The van der Waals surface area contributed by atoms with E-state index < -0.39 is 42.4 Å². The summed E-state index contributed by atoms with van der Waals surface area (Å²) in [6.07, 6.45) is -7.32. The molecule has 1 aliphatic heterocycles. The maximum Gasteiger partial charge on any atom is 0.453 e. The van der Waals surface area contributed by atoms with Crippen LogP contribution in [0.1, 0.15) is 18.9 Å². The van der Waals surface area contributed by atoms with Crippen molar-refractivity contribution in [1.82, 2.24) is 19.7 Å². The Morgan fingerprint density at radius 2 is 1.94 bits per heavy atom. The van der Waals surface area contributed by atoms with Crippen LogP contribution >= 0.6 is 11.6 Å². The van der Waals surface area contributed by atoms with Gasteiger partial charge in [0, 0.05) is 23.4 Å². The Bertz CT molecular complexity index is 1360. The second kappa shape index (κ2) is 7.48. The highest BCUT2D eigenvalue weighted by molar-refractivity contribution is 6.31. The number of aliphatic carboxylic acids is 1. The summed E-state index contributed by atoms with van der Waals surface area (Å²) in [4.78, 5) is 32.2. The number of nitrogens with one attached hydrogen (secondary N) is 1. The molecule has 4 N–H and O–H groups in total. The van der Waals surface area contributed by atoms with Crippen molar-refractivity contribution in [2.75, 3.05) is 11.1 Å². The number of anilines is 2. The topological polar surface area (TPSA) is 136 Å². The minimum absolute atomic E-state index is 0.0466. The van der Waals surface area contributed by atoms with Crippen molar-refractivity contribution in [2.24, 2.45) is 0 Å². The Morgan fingerprint density at radius 3 is 2.56 bits per heavy atom. The van der Waals surface area contributed by atoms with E-state index in [1.165, 1.54) is 18.2 Å². The first-order valence-corrected chi connectivity index (χ1v) is 9.88. The maximum atomic E-state index is 13.5. The number of fused-ring (bicyclic) bond motifs is 2. The van der Waals surface area contributed by atoms with E-state index in [-0.39, 0.29) is 44.6 Å². The van der Waals surface area contributed by atoms with Gasteiger partial charge in [-0.05, 0) is 25.1 Å². The Hall–Kier alpha value is -3.55. The third-order valence-corrected chi connectivity index (χ3v) is 5.76. The number of carboxylic acid groups (broad SMARTS) is 1. The number of amides is 1. The second-order valence-corrected chi connectivity index (χ2v) is 8.16. The van der Waals surface area contributed by atoms with Crippen molar-refractivity contribution < 1.29 is 36.6 Å². The minimum Gasteiger partial charge on any atom is -0.480 e. The summed E-state index contributed by atoms with van der Waals surface area (Å²) in [5.41, 5.74) is 3.81. The fraction of sp³-hybridized carbons (Fsp3) is 0.316. The zero-order valence-corrected chi connectivity index (χ0v) is 17.8. The Morgan fingerprint density at radius 1 is 1.26 bits per heavy atom. The number of benzene rings is 1. The molecule has 0 fully saturated rings. The summed E-state index contributed by atoms with van der Waals surface area (Å²) in [5, 5.41) is 16.3. The molecule has 0 aliphatic carbocycles. The van der Waals surface area contributed by atoms with Crippen LogP contribution in [0.4, 0.5) is 33.6 Å². The van der Waals surface area contributed by atoms with Gasteiger partial charge in [-0.25, -0.2) is 9.97 Å². The van der Waals surface area contributed by atoms with Crippen molar-refractivity contribution in [2.45, 2.75) is 37.4 Å². The third-order valence-electron chi connectivity index (χ3n) is 5.53. The van der Waals surface area contributed by atoms with Crippen molar-refractivity contribution in [3.8, 4) is 11.5 Å². The van der Waals surface area contributed by atoms with Crippen molar-refractivity contribution in [1.29, 1.82) is 0 Å². The highest BCUT2D eigenvalue weighted by atomic mass is 35.5. The number of aryl methyl sites for hydroxylation is 1. The molecule has 0 spiro atoms. The van der Waals surface area contributed by atoms with E-state index in [9.17, 15) is 36.6 Å². The normalized spacial score (nSPS) is 18.3. The molecule has 34 heavy (non-hydrogen) atoms. The maximum absolute atomic E-state index is 13.5. The third kappa shape index (κ3) is 3.48. The van der Waals surface area contributed by atoms with Gasteiger partial charge in [0.25, 0.3) is 0 Å². The number of aromatic nitrogens is 4. The standard InChI is InChI=1S/C19H14ClF5N6O3/c1-17(16(33)34)10-12(26)27-14(28-13(10)29-15(17)32)11-8-3-2-7(20)6-9(8)31(30-11)5-4-18(21,22)19(23,24)25/h2-3,6H,4-5H2,1H3,(H,33,34)(H3,26,27,28,29,32). The lowest BCUT2D eigenvalue weighted by atomic mass is 9.85. The highest BCUT2D eigenvalue weighted by Crippen LogP contribution is 2.42. The van der Waals surface area contributed by atoms with Crippen LogP contribution in [0.15, 0.2) is 18.2 Å². The van der Waals surface area contributed by atoms with Crippen LogP contribution in [-0.2, 0) is 21.5 Å². The minimum atomic E-state index is -5.73. The predicted octanol–water partition coefficient (Wildman–Crippen LogP) is 3.61. The number of hydrogen-bond donors (Lipinski definition) is 3. The predicted molar refractivity (Wildman–Crippen MR) is 109 cm³/mol. The molecule has 2 aromatic heterocycles. The molecule has 1 atom stereocenters. The average molecular weight is 505 g/mol. The first-order chi connectivity index (χ1) is 15.7. The molecule has 1 aliphatic rings. The van der Waals surface area contributed by atoms with E-state index in [4.69, 9.17) is 17.3 Å². The molecule has 1 amide bonds. The Kier molecular flexibility index (Phi) is 5.19. The molecule has 9 nitrogen and oxygen atoms in total. The van der Waals surface area contributed by atoms with E-state index in [2.05, 4.69) is 20.4 Å². The first kappa shape index (κ1) is 23.6. The van der Waals surface area contributed by atoms with Gasteiger partial charge in [0.2, 0.25) is 5.91 Å². The van der Waals surface area contributed by atoms with Crippen LogP contribution in [0.5, 0.6) is 0 Å². The lowest BCUT2D eigenvalue weighted by Gasteiger charge is -2.19. The number of rotatable bonds is 5. The van der Waals surface area contributed by atoms with Crippen molar-refractivity contribution in [3.63, 3.8) is 0 Å². The fourth-order valence-electron chi connectivity index (χ4n) is 3.59. The van der Waals surface area contributed by atoms with Crippen molar-refractivity contribution in [3.05, 3.63) is 28.8 Å². The monoisotopic (exact) mass is 504 g/mol. The molecule has 0 radical (unpaired) electrons. The summed E-state index contributed by atoms with van der Waals surface area (Å²) in [5.74, 6) is -8.07. The first-order valence-electron chi connectivity index (χ1n) is 9.50. The number of nitrogens with two attached hydrogens (primary N) is 1. The van der Waals surface area contributed by atoms with E-state index in [0.717, 1.165) is 11.6 Å². The number of alkyl halides is 5. The van der Waals surface area contributed by atoms with Gasteiger partial charge < -0.3 is 16.2 Å². The van der Waals surface area contributed by atoms with Gasteiger partial charge in [0.15, 0.2) is 11.2 Å². The van der Waals surface area contributed by atoms with Crippen LogP contribution < -0.4 is 11.1 Å². The molecule has 180 valence electrons. The fourth-order valence-corrected chi connectivity index (χ4v) is 3.75. The van der Waals surface area contributed by atoms with E-state index in [1.807, 2.05) is 0 Å². The Labute approximate surface area is 191 Å². The lowest BCUT2D eigenvalue weighted by Crippen LogP contribution is -2.39. The average Bonchev–Trinajstić information content (AvgIpc) is 3.21. The van der Waals surface area contributed by atoms with Crippen LogP contribution in [0.2, 0.25) is 5.02 Å². The largest absolute Gasteiger partial charge is 0.480 e. The van der Waals surface area contributed by atoms with Crippen molar-refractivity contribution >= 4 is 46.0 Å². The van der Waals surface area contributed by atoms with Gasteiger partial charge in [0.05, 0.1) is 11.1 Å². The number of carbonyl (C=O) groups is 2. The quantitative estimate of drug-likeness (QED) is 0.356. The summed E-state index contributed by atoms with van der Waals surface area (Å²) >= 11 is 5.96. The van der Waals surface area contributed by atoms with E-state index in [0.29, 0.717) is 0 Å². The van der Waals surface area contributed by atoms with Gasteiger partial charge >= 0.3 is 18.1 Å². The van der Waals surface area contributed by atoms with Gasteiger partial charge in [-0.15, -0.1) is 0 Å². The number of nitrogens with zero attached hydrogens (tertiary/aromatic N) is 4. The molecular weight excluding hydrogens is 491 g/mol. The SMILES string of the molecule is CC1(C(=O)O)C(=O)Nc2nc(-c3nn(CCC(F)(F)C(F)(F)F)c4cc(Cl)ccc34)nc(N)c21. The molecule has 0 bridgehead atoms. The lowest BCUT2D eigenvalue weighted by molar-refractivity contribution is -0.285. The van der Waals surface area contributed by atoms with Crippen LogP contribution in [-0.4, -0.2) is 48.8 Å². The molecule has 1 aromatic carbocycles. The molecule has 3 aromatic rings. The van der Waals surface area contributed by atoms with E-state index >= 15 is 0 Å². The molecule has 0 saturated heterocycles. The van der Waals surface area contributed by atoms with Gasteiger partial charge in [-0.3, -0.25) is 14.3 Å². The molecule has 15 heteroatoms. The molecule has 3 heterocycles. The smallest absolute Gasteiger partial charge is 0.453 e. The number of halogens is 6. The van der Waals surface area contributed by atoms with Gasteiger partial charge in [-0.1, -0.05) is 11.6 Å². The molecular formula is C19H14ClF5N6O3. The summed E-state index contributed by atoms with van der Waals surface area (Å²) in [7, 11) is 0. The highest BCUT2D eigenvalue weighted by Gasteiger charge is 2.57. The zero-order chi connectivity index (χ0) is 25.2. The number of nitrogen functional groups attached to an aromatic ring is 1. The van der Waals surface area contributed by atoms with Gasteiger partial charge in [0.1, 0.15) is 17.3 Å². The van der Waals surface area contributed by atoms with Gasteiger partial charge in [-0.2, -0.15) is 27.1 Å². The van der Waals surface area contributed by atoms with Crippen LogP contribution in [0.25, 0.3) is 22.4 Å². The summed E-state index contributed by atoms with van der Waals surface area (Å²) < 4.78 is 65.7. The molecule has 1 unspecified atom stereocenters. The molecule has 0 saturated carbocycles. The summed E-state index contributed by atoms with van der Waals surface area (Å²) in [6, 6.07) is 4.19. The zero-order valence-electron chi connectivity index (χ0n) is 17.0. The number of carbonyl (C=O) groups excluding carboxylic acids is 1. The summed E-state index contributed by atoms with van der Waals surface area (Å²) in [6.45, 7) is 0.306. The van der Waals surface area contributed by atoms with Crippen LogP contribution in [0.3, 0.4) is 0 Å². The second-order valence-electron chi connectivity index (χ2n) is 7.73. The van der Waals surface area contributed by atoms with Crippen LogP contribution in [0, 0.1) is 0 Å².